The number of benzene rings is 3. The smallest absolute Gasteiger partial charge is 0.279 e. The maximum atomic E-state index is 13.8. The first-order chi connectivity index (χ1) is 17.4. The number of methoxy groups -OCH3 is 1. The van der Waals surface area contributed by atoms with E-state index in [1.807, 2.05) is 91.3 Å². The first-order valence-corrected chi connectivity index (χ1v) is 12.5. The topological polar surface area (TPSA) is 78.2 Å². The normalized spacial score (nSPS) is 11.2. The summed E-state index contributed by atoms with van der Waals surface area (Å²) in [4.78, 5) is 31.5. The number of aryl methyl sites for hydroxylation is 2. The molecular formula is C28H26N4O3S. The van der Waals surface area contributed by atoms with E-state index >= 15 is 0 Å². The Morgan fingerprint density at radius 3 is 2.61 bits per heavy atom. The number of aromatic nitrogens is 3. The lowest BCUT2D eigenvalue weighted by Gasteiger charge is -2.13. The van der Waals surface area contributed by atoms with Crippen molar-refractivity contribution in [1.29, 1.82) is 0 Å². The van der Waals surface area contributed by atoms with Gasteiger partial charge in [0.15, 0.2) is 5.16 Å². The maximum absolute atomic E-state index is 13.8. The fraction of sp³-hybridized carbons (Fsp3) is 0.179. The molecule has 0 aliphatic heterocycles. The highest BCUT2D eigenvalue weighted by atomic mass is 32.2. The molecule has 0 unspecified atom stereocenters. The van der Waals surface area contributed by atoms with Crippen LogP contribution in [0.25, 0.3) is 21.9 Å². The zero-order valence-corrected chi connectivity index (χ0v) is 21.1. The number of ether oxygens (including phenoxy) is 1. The van der Waals surface area contributed by atoms with E-state index in [4.69, 9.17) is 9.72 Å². The van der Waals surface area contributed by atoms with E-state index in [1.165, 1.54) is 11.8 Å². The highest BCUT2D eigenvalue weighted by Crippen LogP contribution is 2.30. The minimum atomic E-state index is -0.161. The summed E-state index contributed by atoms with van der Waals surface area (Å²) in [5.41, 5.74) is 4.64. The molecule has 7 nitrogen and oxygen atoms in total. The quantitative estimate of drug-likeness (QED) is 0.253. The largest absolute Gasteiger partial charge is 0.497 e. The van der Waals surface area contributed by atoms with E-state index in [1.54, 1.807) is 11.7 Å². The lowest BCUT2D eigenvalue weighted by atomic mass is 10.2. The molecule has 1 N–H and O–H groups in total. The minimum absolute atomic E-state index is 0.120. The van der Waals surface area contributed by atoms with Crippen molar-refractivity contribution in [3.63, 3.8) is 0 Å². The Morgan fingerprint density at radius 1 is 1.06 bits per heavy atom. The molecule has 8 heteroatoms. The number of anilines is 1. The second kappa shape index (κ2) is 9.91. The molecule has 0 aliphatic carbocycles. The van der Waals surface area contributed by atoms with E-state index in [2.05, 4.69) is 5.32 Å². The van der Waals surface area contributed by atoms with Gasteiger partial charge in [0.1, 0.15) is 16.8 Å². The molecule has 3 aromatic carbocycles. The van der Waals surface area contributed by atoms with E-state index in [9.17, 15) is 9.59 Å². The summed E-state index contributed by atoms with van der Waals surface area (Å²) in [5.74, 6) is 0.650. The molecule has 0 fully saturated rings. The van der Waals surface area contributed by atoms with Crippen LogP contribution in [0.4, 0.5) is 5.69 Å². The third kappa shape index (κ3) is 4.59. The van der Waals surface area contributed by atoms with Crippen LogP contribution in [0.5, 0.6) is 5.75 Å². The molecule has 2 heterocycles. The van der Waals surface area contributed by atoms with Crippen molar-refractivity contribution in [3.8, 4) is 5.75 Å². The predicted molar refractivity (Wildman–Crippen MR) is 145 cm³/mol. The number of carbonyl (C=O) groups is 1. The first kappa shape index (κ1) is 23.7. The molecular weight excluding hydrogens is 472 g/mol. The van der Waals surface area contributed by atoms with Gasteiger partial charge in [-0.3, -0.25) is 14.2 Å². The second-order valence-electron chi connectivity index (χ2n) is 8.62. The van der Waals surface area contributed by atoms with Crippen molar-refractivity contribution in [1.82, 2.24) is 14.1 Å². The molecule has 0 radical (unpaired) electrons. The number of nitrogens with one attached hydrogen (secondary N) is 1. The molecule has 182 valence electrons. The molecule has 2 aromatic heterocycles. The summed E-state index contributed by atoms with van der Waals surface area (Å²) in [6, 6.07) is 23.1. The van der Waals surface area contributed by atoms with Crippen LogP contribution in [-0.2, 0) is 18.4 Å². The van der Waals surface area contributed by atoms with Gasteiger partial charge in [-0.25, -0.2) is 4.98 Å². The number of rotatable bonds is 7. The number of carbonyl (C=O) groups excluding carboxylic acids is 1. The Morgan fingerprint density at radius 2 is 1.86 bits per heavy atom. The van der Waals surface area contributed by atoms with E-state index in [0.717, 1.165) is 27.7 Å². The molecule has 5 rings (SSSR count). The first-order valence-electron chi connectivity index (χ1n) is 11.5. The fourth-order valence-corrected chi connectivity index (χ4v) is 5.12. The van der Waals surface area contributed by atoms with E-state index in [-0.39, 0.29) is 17.2 Å². The standard InChI is InChI=1S/C28H26N4O3S/c1-18-8-7-11-20(14-18)29-24(33)17-36-28-30-25-22-15-21(35-3)12-13-23(22)31(2)26(25)27(34)32(28)16-19-9-5-4-6-10-19/h4-15H,16-17H2,1-3H3,(H,29,33). The van der Waals surface area contributed by atoms with E-state index in [0.29, 0.717) is 28.5 Å². The van der Waals surface area contributed by atoms with Crippen LogP contribution >= 0.6 is 11.8 Å². The van der Waals surface area contributed by atoms with E-state index < -0.39 is 0 Å². The summed E-state index contributed by atoms with van der Waals surface area (Å²) in [6.45, 7) is 2.33. The van der Waals surface area contributed by atoms with Crippen molar-refractivity contribution in [2.45, 2.75) is 18.6 Å². The molecule has 0 saturated carbocycles. The predicted octanol–water partition coefficient (Wildman–Crippen LogP) is 4.98. The Balaban J connectivity index is 1.57. The van der Waals surface area contributed by atoms with Crippen LogP contribution < -0.4 is 15.6 Å². The van der Waals surface area contributed by atoms with Gasteiger partial charge in [0.05, 0.1) is 24.9 Å². The van der Waals surface area contributed by atoms with Gasteiger partial charge in [-0.2, -0.15) is 0 Å². The molecule has 0 saturated heterocycles. The summed E-state index contributed by atoms with van der Waals surface area (Å²) < 4.78 is 8.94. The SMILES string of the molecule is COc1ccc2c(c1)c1nc(SCC(=O)Nc3cccc(C)c3)n(Cc3ccccc3)c(=O)c1n2C. The third-order valence-electron chi connectivity index (χ3n) is 6.08. The summed E-state index contributed by atoms with van der Waals surface area (Å²) in [5, 5.41) is 4.25. The maximum Gasteiger partial charge on any atom is 0.279 e. The fourth-order valence-electron chi connectivity index (χ4n) is 4.33. The van der Waals surface area contributed by atoms with Crippen molar-refractivity contribution >= 4 is 45.3 Å². The van der Waals surface area contributed by atoms with Gasteiger partial charge in [-0.15, -0.1) is 0 Å². The Bertz CT molecular complexity index is 1640. The number of fused-ring (bicyclic) bond motifs is 3. The number of hydrogen-bond donors (Lipinski definition) is 1. The lowest BCUT2D eigenvalue weighted by Crippen LogP contribution is -2.26. The summed E-state index contributed by atoms with van der Waals surface area (Å²) >= 11 is 1.25. The van der Waals surface area contributed by atoms with Crippen LogP contribution in [0.1, 0.15) is 11.1 Å². The molecule has 5 aromatic rings. The lowest BCUT2D eigenvalue weighted by molar-refractivity contribution is -0.113. The van der Waals surface area contributed by atoms with Crippen LogP contribution in [0, 0.1) is 6.92 Å². The van der Waals surface area contributed by atoms with Gasteiger partial charge < -0.3 is 14.6 Å². The zero-order valence-electron chi connectivity index (χ0n) is 20.3. The second-order valence-corrected chi connectivity index (χ2v) is 9.56. The summed E-state index contributed by atoms with van der Waals surface area (Å²) in [6.07, 6.45) is 0. The van der Waals surface area contributed by atoms with Crippen molar-refractivity contribution in [3.05, 3.63) is 94.3 Å². The number of thioether (sulfide) groups is 1. The Labute approximate surface area is 212 Å². The summed E-state index contributed by atoms with van der Waals surface area (Å²) in [7, 11) is 3.48. The molecule has 0 spiro atoms. The zero-order chi connectivity index (χ0) is 25.2. The van der Waals surface area contributed by atoms with Gasteiger partial charge in [0.25, 0.3) is 5.56 Å². The number of hydrogen-bond acceptors (Lipinski definition) is 5. The molecule has 0 aliphatic rings. The number of nitrogens with zero attached hydrogens (tertiary/aromatic N) is 3. The van der Waals surface area contributed by atoms with Crippen molar-refractivity contribution < 1.29 is 9.53 Å². The third-order valence-corrected chi connectivity index (χ3v) is 7.06. The molecule has 36 heavy (non-hydrogen) atoms. The minimum Gasteiger partial charge on any atom is -0.497 e. The van der Waals surface area contributed by atoms with Crippen molar-refractivity contribution in [2.75, 3.05) is 18.2 Å². The molecule has 0 bridgehead atoms. The van der Waals surface area contributed by atoms with Gasteiger partial charge in [-0.1, -0.05) is 54.2 Å². The molecule has 0 atom stereocenters. The monoisotopic (exact) mass is 498 g/mol. The number of amides is 1. The van der Waals surface area contributed by atoms with Crippen LogP contribution in [0.3, 0.4) is 0 Å². The van der Waals surface area contributed by atoms with Crippen LogP contribution in [-0.4, -0.2) is 32.9 Å². The highest BCUT2D eigenvalue weighted by Gasteiger charge is 2.20. The van der Waals surface area contributed by atoms with Crippen molar-refractivity contribution in [2.24, 2.45) is 7.05 Å². The van der Waals surface area contributed by atoms with Gasteiger partial charge in [-0.05, 0) is 48.4 Å². The Kier molecular flexibility index (Phi) is 6.52. The highest BCUT2D eigenvalue weighted by molar-refractivity contribution is 7.99. The van der Waals surface area contributed by atoms with Gasteiger partial charge in [0.2, 0.25) is 5.91 Å². The average molecular weight is 499 g/mol. The van der Waals surface area contributed by atoms with Gasteiger partial charge >= 0.3 is 0 Å². The van der Waals surface area contributed by atoms with Crippen LogP contribution in [0.2, 0.25) is 0 Å². The van der Waals surface area contributed by atoms with Crippen LogP contribution in [0.15, 0.2) is 82.7 Å². The van der Waals surface area contributed by atoms with Gasteiger partial charge in [0, 0.05) is 18.1 Å². The Hall–Kier alpha value is -4.04. The average Bonchev–Trinajstić information content (AvgIpc) is 3.16. The molecule has 1 amide bonds.